The first-order valence-electron chi connectivity index (χ1n) is 8.18. The molecule has 0 fully saturated rings. The average molecular weight is 423 g/mol. The van der Waals surface area contributed by atoms with E-state index >= 15 is 0 Å². The van der Waals surface area contributed by atoms with Gasteiger partial charge in [0.15, 0.2) is 11.5 Å². The van der Waals surface area contributed by atoms with E-state index in [1.54, 1.807) is 46.6 Å². The molecule has 0 aliphatic heterocycles. The molecule has 3 rings (SSSR count). The van der Waals surface area contributed by atoms with Crippen molar-refractivity contribution in [2.24, 2.45) is 0 Å². The van der Waals surface area contributed by atoms with Crippen LogP contribution in [-0.2, 0) is 5.75 Å². The number of methoxy groups -OCH3 is 4. The summed E-state index contributed by atoms with van der Waals surface area (Å²) in [5.74, 6) is 3.18. The van der Waals surface area contributed by atoms with E-state index in [4.69, 9.17) is 35.0 Å². The fourth-order valence-corrected chi connectivity index (χ4v) is 3.52. The number of ether oxygens (including phenoxy) is 4. The van der Waals surface area contributed by atoms with E-state index in [0.29, 0.717) is 44.7 Å². The van der Waals surface area contributed by atoms with Crippen LogP contribution in [0.3, 0.4) is 0 Å². The zero-order valence-electron chi connectivity index (χ0n) is 15.8. The van der Waals surface area contributed by atoms with Gasteiger partial charge in [-0.1, -0.05) is 23.4 Å². The van der Waals surface area contributed by atoms with Crippen LogP contribution in [0, 0.1) is 0 Å². The molecule has 1 aromatic heterocycles. The van der Waals surface area contributed by atoms with Crippen molar-refractivity contribution in [1.82, 2.24) is 10.2 Å². The van der Waals surface area contributed by atoms with Crippen molar-refractivity contribution in [1.29, 1.82) is 0 Å². The summed E-state index contributed by atoms with van der Waals surface area (Å²) in [5.41, 5.74) is 1.60. The minimum absolute atomic E-state index is 0.347. The van der Waals surface area contributed by atoms with Gasteiger partial charge in [0.05, 0.1) is 28.4 Å². The van der Waals surface area contributed by atoms with Crippen LogP contribution in [0.1, 0.15) is 5.56 Å². The molecule has 28 heavy (non-hydrogen) atoms. The summed E-state index contributed by atoms with van der Waals surface area (Å²) in [4.78, 5) is 0. The normalized spacial score (nSPS) is 10.6. The first-order chi connectivity index (χ1) is 13.6. The van der Waals surface area contributed by atoms with E-state index in [1.165, 1.54) is 11.8 Å². The number of hydrogen-bond acceptors (Lipinski definition) is 8. The maximum absolute atomic E-state index is 6.07. The van der Waals surface area contributed by atoms with Gasteiger partial charge in [0.1, 0.15) is 5.75 Å². The predicted molar refractivity (Wildman–Crippen MR) is 107 cm³/mol. The Hall–Kier alpha value is -2.58. The SMILES string of the molecule is COc1ccc(Cl)cc1CSc1nnc(-c2cc(OC)c(OC)c(OC)c2)o1. The van der Waals surface area contributed by atoms with Crippen LogP contribution in [0.4, 0.5) is 0 Å². The predicted octanol–water partition coefficient (Wildman–Crippen LogP) is 4.72. The monoisotopic (exact) mass is 422 g/mol. The van der Waals surface area contributed by atoms with Crippen molar-refractivity contribution in [2.75, 3.05) is 28.4 Å². The zero-order chi connectivity index (χ0) is 20.1. The van der Waals surface area contributed by atoms with Gasteiger partial charge in [-0.2, -0.15) is 0 Å². The number of halogens is 1. The average Bonchev–Trinajstić information content (AvgIpc) is 3.20. The Morgan fingerprint density at radius 3 is 2.18 bits per heavy atom. The lowest BCUT2D eigenvalue weighted by Gasteiger charge is -2.12. The Bertz CT molecular complexity index is 938. The molecule has 0 radical (unpaired) electrons. The van der Waals surface area contributed by atoms with Gasteiger partial charge >= 0.3 is 0 Å². The highest BCUT2D eigenvalue weighted by molar-refractivity contribution is 7.98. The molecule has 0 atom stereocenters. The van der Waals surface area contributed by atoms with Crippen LogP contribution in [-0.4, -0.2) is 38.6 Å². The quantitative estimate of drug-likeness (QED) is 0.483. The molecule has 0 saturated carbocycles. The molecular weight excluding hydrogens is 404 g/mol. The lowest BCUT2D eigenvalue weighted by molar-refractivity contribution is 0.324. The van der Waals surface area contributed by atoms with Crippen LogP contribution in [0.5, 0.6) is 23.0 Å². The molecule has 0 N–H and O–H groups in total. The molecule has 2 aromatic carbocycles. The minimum atomic E-state index is 0.347. The Morgan fingerprint density at radius 2 is 1.57 bits per heavy atom. The molecule has 9 heteroatoms. The Labute approximate surface area is 171 Å². The Morgan fingerprint density at radius 1 is 0.893 bits per heavy atom. The van der Waals surface area contributed by atoms with Crippen molar-refractivity contribution < 1.29 is 23.4 Å². The Kier molecular flexibility index (Phi) is 6.53. The number of benzene rings is 2. The highest BCUT2D eigenvalue weighted by Gasteiger charge is 2.18. The molecule has 0 spiro atoms. The van der Waals surface area contributed by atoms with Gasteiger partial charge in [-0.15, -0.1) is 10.2 Å². The summed E-state index contributed by atoms with van der Waals surface area (Å²) in [7, 11) is 6.27. The molecule has 0 amide bonds. The number of nitrogens with zero attached hydrogens (tertiary/aromatic N) is 2. The van der Waals surface area contributed by atoms with Crippen LogP contribution < -0.4 is 18.9 Å². The number of rotatable bonds is 8. The summed E-state index contributed by atoms with van der Waals surface area (Å²) in [6, 6.07) is 8.97. The molecule has 0 saturated heterocycles. The highest BCUT2D eigenvalue weighted by atomic mass is 35.5. The molecule has 3 aromatic rings. The molecule has 0 bridgehead atoms. The fourth-order valence-electron chi connectivity index (χ4n) is 2.59. The van der Waals surface area contributed by atoms with Crippen molar-refractivity contribution >= 4 is 23.4 Å². The number of thioether (sulfide) groups is 1. The molecule has 1 heterocycles. The van der Waals surface area contributed by atoms with Crippen molar-refractivity contribution in [3.05, 3.63) is 40.9 Å². The van der Waals surface area contributed by atoms with E-state index in [1.807, 2.05) is 12.1 Å². The summed E-state index contributed by atoms with van der Waals surface area (Å²) >= 11 is 7.46. The van der Waals surface area contributed by atoms with E-state index in [-0.39, 0.29) is 0 Å². The largest absolute Gasteiger partial charge is 0.496 e. The second-order valence-corrected chi connectivity index (χ2v) is 6.90. The van der Waals surface area contributed by atoms with Crippen LogP contribution >= 0.6 is 23.4 Å². The standard InChI is InChI=1S/C19H19ClN2O5S/c1-23-14-6-5-13(20)7-12(14)10-28-19-22-21-18(27-19)11-8-15(24-2)17(26-4)16(9-11)25-3/h5-9H,10H2,1-4H3. The van der Waals surface area contributed by atoms with Gasteiger partial charge in [-0.25, -0.2) is 0 Å². The molecule has 7 nitrogen and oxygen atoms in total. The summed E-state index contributed by atoms with van der Waals surface area (Å²) in [6.07, 6.45) is 0. The third-order valence-electron chi connectivity index (χ3n) is 3.91. The second-order valence-electron chi connectivity index (χ2n) is 5.53. The number of hydrogen-bond donors (Lipinski definition) is 0. The summed E-state index contributed by atoms with van der Waals surface area (Å²) in [6.45, 7) is 0. The smallest absolute Gasteiger partial charge is 0.277 e. The van der Waals surface area contributed by atoms with E-state index in [9.17, 15) is 0 Å². The lowest BCUT2D eigenvalue weighted by Crippen LogP contribution is -1.95. The van der Waals surface area contributed by atoms with Crippen molar-refractivity contribution in [3.63, 3.8) is 0 Å². The highest BCUT2D eigenvalue weighted by Crippen LogP contribution is 2.41. The summed E-state index contributed by atoms with van der Waals surface area (Å²) in [5, 5.41) is 9.28. The van der Waals surface area contributed by atoms with Gasteiger partial charge in [-0.3, -0.25) is 0 Å². The lowest BCUT2D eigenvalue weighted by atomic mass is 10.2. The van der Waals surface area contributed by atoms with E-state index < -0.39 is 0 Å². The van der Waals surface area contributed by atoms with Crippen LogP contribution in [0.25, 0.3) is 11.5 Å². The molecule has 0 unspecified atom stereocenters. The van der Waals surface area contributed by atoms with E-state index in [0.717, 1.165) is 11.3 Å². The zero-order valence-corrected chi connectivity index (χ0v) is 17.4. The van der Waals surface area contributed by atoms with E-state index in [2.05, 4.69) is 10.2 Å². The molecular formula is C19H19ClN2O5S. The first-order valence-corrected chi connectivity index (χ1v) is 9.55. The second kappa shape index (κ2) is 9.07. The topological polar surface area (TPSA) is 75.8 Å². The van der Waals surface area contributed by atoms with Gasteiger partial charge < -0.3 is 23.4 Å². The third-order valence-corrected chi connectivity index (χ3v) is 5.01. The van der Waals surface area contributed by atoms with Gasteiger partial charge in [0.25, 0.3) is 5.22 Å². The maximum Gasteiger partial charge on any atom is 0.277 e. The maximum atomic E-state index is 6.07. The van der Waals surface area contributed by atoms with Gasteiger partial charge in [0.2, 0.25) is 11.6 Å². The van der Waals surface area contributed by atoms with Gasteiger partial charge in [-0.05, 0) is 30.3 Å². The van der Waals surface area contributed by atoms with Crippen LogP contribution in [0.2, 0.25) is 5.02 Å². The van der Waals surface area contributed by atoms with Gasteiger partial charge in [0, 0.05) is 21.9 Å². The Balaban J connectivity index is 1.82. The van der Waals surface area contributed by atoms with Crippen molar-refractivity contribution in [3.8, 4) is 34.5 Å². The van der Waals surface area contributed by atoms with Crippen LogP contribution in [0.15, 0.2) is 40.0 Å². The molecule has 0 aliphatic rings. The summed E-state index contributed by atoms with van der Waals surface area (Å²) < 4.78 is 27.2. The fraction of sp³-hybridized carbons (Fsp3) is 0.263. The van der Waals surface area contributed by atoms with Crippen molar-refractivity contribution in [2.45, 2.75) is 11.0 Å². The first kappa shape index (κ1) is 20.2. The molecule has 148 valence electrons. The molecule has 0 aliphatic carbocycles. The number of aromatic nitrogens is 2. The minimum Gasteiger partial charge on any atom is -0.496 e. The third kappa shape index (κ3) is 4.28.